The zero-order valence-electron chi connectivity index (χ0n) is 11.8. The van der Waals surface area contributed by atoms with Crippen LogP contribution in [-0.4, -0.2) is 72.9 Å². The van der Waals surface area contributed by atoms with Crippen molar-refractivity contribution in [2.45, 2.75) is 38.0 Å². The van der Waals surface area contributed by atoms with Crippen molar-refractivity contribution in [2.24, 2.45) is 0 Å². The second-order valence-corrected chi connectivity index (χ2v) is 5.26. The molecule has 2 aliphatic rings. The number of nitrogens with zero attached hydrogens (tertiary/aromatic N) is 1. The molecule has 114 valence electrons. The largest absolute Gasteiger partial charge is 0.392 e. The van der Waals surface area contributed by atoms with Crippen molar-refractivity contribution >= 4 is 11.8 Å². The number of rotatable bonds is 4. The maximum Gasteiger partial charge on any atom is 0.245 e. The van der Waals surface area contributed by atoms with Crippen LogP contribution in [0.3, 0.4) is 0 Å². The fourth-order valence-electron chi connectivity index (χ4n) is 2.56. The summed E-state index contributed by atoms with van der Waals surface area (Å²) in [5.41, 5.74) is 0. The highest BCUT2D eigenvalue weighted by Crippen LogP contribution is 2.14. The van der Waals surface area contributed by atoms with E-state index in [1.54, 1.807) is 4.90 Å². The number of ether oxygens (including phenoxy) is 1. The van der Waals surface area contributed by atoms with E-state index in [1.807, 2.05) is 6.92 Å². The second kappa shape index (κ2) is 7.01. The third-order valence-corrected chi connectivity index (χ3v) is 3.67. The van der Waals surface area contributed by atoms with Crippen molar-refractivity contribution in [3.8, 4) is 0 Å². The number of aliphatic hydroxyl groups excluding tert-OH is 1. The van der Waals surface area contributed by atoms with Crippen LogP contribution in [0.4, 0.5) is 0 Å². The molecule has 7 nitrogen and oxygen atoms in total. The van der Waals surface area contributed by atoms with Crippen molar-refractivity contribution in [1.82, 2.24) is 15.5 Å². The van der Waals surface area contributed by atoms with Crippen LogP contribution in [0.5, 0.6) is 0 Å². The van der Waals surface area contributed by atoms with Gasteiger partial charge in [-0.1, -0.05) is 6.92 Å². The summed E-state index contributed by atoms with van der Waals surface area (Å²) in [6.45, 7) is 4.09. The quantitative estimate of drug-likeness (QED) is 0.582. The predicted molar refractivity (Wildman–Crippen MR) is 72.0 cm³/mol. The van der Waals surface area contributed by atoms with E-state index in [0.717, 1.165) is 6.42 Å². The first-order chi connectivity index (χ1) is 9.63. The van der Waals surface area contributed by atoms with Gasteiger partial charge in [0.15, 0.2) is 0 Å². The second-order valence-electron chi connectivity index (χ2n) is 5.26. The smallest absolute Gasteiger partial charge is 0.245 e. The van der Waals surface area contributed by atoms with Gasteiger partial charge in [0.1, 0.15) is 6.04 Å². The first kappa shape index (κ1) is 15.2. The molecule has 0 aromatic carbocycles. The van der Waals surface area contributed by atoms with Crippen molar-refractivity contribution in [1.29, 1.82) is 0 Å². The summed E-state index contributed by atoms with van der Waals surface area (Å²) in [5.74, 6) is -0.292. The van der Waals surface area contributed by atoms with E-state index in [4.69, 9.17) is 4.74 Å². The summed E-state index contributed by atoms with van der Waals surface area (Å²) >= 11 is 0. The zero-order chi connectivity index (χ0) is 14.5. The Balaban J connectivity index is 1.99. The van der Waals surface area contributed by atoms with Crippen LogP contribution in [0, 0.1) is 0 Å². The van der Waals surface area contributed by atoms with Gasteiger partial charge in [0.2, 0.25) is 11.8 Å². The zero-order valence-corrected chi connectivity index (χ0v) is 11.8. The van der Waals surface area contributed by atoms with Gasteiger partial charge in [-0.15, -0.1) is 0 Å². The van der Waals surface area contributed by atoms with Crippen LogP contribution in [0.15, 0.2) is 0 Å². The lowest BCUT2D eigenvalue weighted by Crippen LogP contribution is -2.59. The topological polar surface area (TPSA) is 90.9 Å². The Kier molecular flexibility index (Phi) is 5.33. The lowest BCUT2D eigenvalue weighted by Gasteiger charge is -2.36. The maximum atomic E-state index is 12.5. The summed E-state index contributed by atoms with van der Waals surface area (Å²) in [6.07, 6.45) is 0.765. The van der Waals surface area contributed by atoms with Crippen LogP contribution in [-0.2, 0) is 14.3 Å². The number of nitrogens with one attached hydrogen (secondary N) is 2. The summed E-state index contributed by atoms with van der Waals surface area (Å²) in [7, 11) is 0. The van der Waals surface area contributed by atoms with Gasteiger partial charge in [-0.25, -0.2) is 0 Å². The molecule has 2 saturated heterocycles. The molecule has 3 unspecified atom stereocenters. The molecule has 2 amide bonds. The van der Waals surface area contributed by atoms with E-state index in [-0.39, 0.29) is 18.4 Å². The van der Waals surface area contributed by atoms with Gasteiger partial charge in [0, 0.05) is 19.6 Å². The van der Waals surface area contributed by atoms with Crippen molar-refractivity contribution in [3.05, 3.63) is 0 Å². The molecule has 2 fully saturated rings. The van der Waals surface area contributed by atoms with Gasteiger partial charge >= 0.3 is 0 Å². The number of aliphatic hydroxyl groups is 1. The Morgan fingerprint density at radius 1 is 1.50 bits per heavy atom. The Bertz CT molecular complexity index is 364. The summed E-state index contributed by atoms with van der Waals surface area (Å²) < 4.78 is 5.32. The molecule has 7 heteroatoms. The number of carbonyl (C=O) groups is 2. The molecule has 0 aromatic rings. The summed E-state index contributed by atoms with van der Waals surface area (Å²) in [4.78, 5) is 26.1. The average Bonchev–Trinajstić information content (AvgIpc) is 2.90. The number of hydrogen-bond acceptors (Lipinski definition) is 5. The molecule has 3 atom stereocenters. The highest BCUT2D eigenvalue weighted by atomic mass is 16.5. The monoisotopic (exact) mass is 285 g/mol. The van der Waals surface area contributed by atoms with Crippen molar-refractivity contribution < 1.29 is 19.4 Å². The molecule has 2 aliphatic heterocycles. The molecule has 0 aliphatic carbocycles. The Labute approximate surface area is 118 Å². The number of morpholine rings is 1. The lowest BCUT2D eigenvalue weighted by molar-refractivity contribution is -0.149. The van der Waals surface area contributed by atoms with E-state index in [2.05, 4.69) is 10.6 Å². The lowest BCUT2D eigenvalue weighted by atomic mass is 10.1. The Morgan fingerprint density at radius 3 is 2.95 bits per heavy atom. The molecule has 0 bridgehead atoms. The first-order valence-electron chi connectivity index (χ1n) is 7.21. The minimum atomic E-state index is -0.567. The predicted octanol–water partition coefficient (Wildman–Crippen LogP) is -1.54. The maximum absolute atomic E-state index is 12.5. The number of carbonyl (C=O) groups excluding carboxylic acids is 2. The summed E-state index contributed by atoms with van der Waals surface area (Å²) in [5, 5.41) is 15.3. The number of amides is 2. The standard InChI is InChI=1S/C13H23N3O4/c1-2-3-14-12(18)11-8-20-5-4-16(11)13(19)10-6-9(17)7-15-10/h9-11,15,17H,2-8H2,1H3,(H,14,18). The van der Waals surface area contributed by atoms with Gasteiger partial charge in [-0.3, -0.25) is 9.59 Å². The van der Waals surface area contributed by atoms with E-state index in [0.29, 0.717) is 32.7 Å². The SMILES string of the molecule is CCCNC(=O)C1COCCN1C(=O)C1CC(O)CN1. The molecule has 0 aromatic heterocycles. The van der Waals surface area contributed by atoms with E-state index in [9.17, 15) is 14.7 Å². The van der Waals surface area contributed by atoms with Crippen LogP contribution >= 0.6 is 0 Å². The highest BCUT2D eigenvalue weighted by Gasteiger charge is 2.38. The van der Waals surface area contributed by atoms with Crippen LogP contribution in [0.2, 0.25) is 0 Å². The molecule has 2 rings (SSSR count). The van der Waals surface area contributed by atoms with Crippen LogP contribution in [0.25, 0.3) is 0 Å². The van der Waals surface area contributed by atoms with E-state index in [1.165, 1.54) is 0 Å². The molecule has 0 spiro atoms. The fourth-order valence-corrected chi connectivity index (χ4v) is 2.56. The minimum absolute atomic E-state index is 0.124. The van der Waals surface area contributed by atoms with Crippen LogP contribution < -0.4 is 10.6 Å². The number of hydrogen-bond donors (Lipinski definition) is 3. The normalized spacial score (nSPS) is 30.3. The Hall–Kier alpha value is -1.18. The Morgan fingerprint density at radius 2 is 2.30 bits per heavy atom. The minimum Gasteiger partial charge on any atom is -0.392 e. The van der Waals surface area contributed by atoms with E-state index >= 15 is 0 Å². The number of β-amino-alcohol motifs (C(OH)–C–C–N with tert-alkyl or cyclic N) is 1. The molecule has 2 heterocycles. The first-order valence-corrected chi connectivity index (χ1v) is 7.21. The van der Waals surface area contributed by atoms with Gasteiger partial charge in [0.25, 0.3) is 0 Å². The van der Waals surface area contributed by atoms with Crippen LogP contribution in [0.1, 0.15) is 19.8 Å². The van der Waals surface area contributed by atoms with E-state index < -0.39 is 18.2 Å². The molecular formula is C13H23N3O4. The molecular weight excluding hydrogens is 262 g/mol. The molecule has 3 N–H and O–H groups in total. The van der Waals surface area contributed by atoms with Crippen molar-refractivity contribution in [3.63, 3.8) is 0 Å². The third kappa shape index (κ3) is 3.47. The van der Waals surface area contributed by atoms with Gasteiger partial charge in [-0.05, 0) is 12.8 Å². The van der Waals surface area contributed by atoms with Crippen molar-refractivity contribution in [2.75, 3.05) is 32.8 Å². The van der Waals surface area contributed by atoms with Gasteiger partial charge in [0.05, 0.1) is 25.4 Å². The van der Waals surface area contributed by atoms with Gasteiger partial charge in [-0.2, -0.15) is 0 Å². The highest BCUT2D eigenvalue weighted by molar-refractivity contribution is 5.90. The molecule has 0 saturated carbocycles. The fraction of sp³-hybridized carbons (Fsp3) is 0.846. The molecule has 20 heavy (non-hydrogen) atoms. The third-order valence-electron chi connectivity index (χ3n) is 3.67. The molecule has 0 radical (unpaired) electrons. The van der Waals surface area contributed by atoms with Gasteiger partial charge < -0.3 is 25.4 Å². The average molecular weight is 285 g/mol. The summed E-state index contributed by atoms with van der Waals surface area (Å²) in [6, 6.07) is -0.966.